The van der Waals surface area contributed by atoms with Crippen LogP contribution in [0.4, 0.5) is 10.1 Å². The molecule has 0 radical (unpaired) electrons. The molecule has 1 aromatic carbocycles. The molecule has 10 heteroatoms. The van der Waals surface area contributed by atoms with Gasteiger partial charge >= 0.3 is 5.69 Å². The van der Waals surface area contributed by atoms with Crippen LogP contribution in [0.2, 0.25) is 0 Å². The molecule has 0 aromatic heterocycles. The normalized spacial score (nSPS) is 11.8. The summed E-state index contributed by atoms with van der Waals surface area (Å²) in [5.41, 5.74) is -1.11. The highest BCUT2D eigenvalue weighted by Gasteiger charge is 2.29. The van der Waals surface area contributed by atoms with Gasteiger partial charge in [0.25, 0.3) is 0 Å². The molecule has 0 unspecified atom stereocenters. The van der Waals surface area contributed by atoms with E-state index in [0.29, 0.717) is 0 Å². The number of rotatable bonds is 7. The van der Waals surface area contributed by atoms with Crippen molar-refractivity contribution in [2.45, 2.75) is 11.2 Å². The minimum atomic E-state index is -4.27. The van der Waals surface area contributed by atoms with E-state index in [1.165, 1.54) is 14.2 Å². The van der Waals surface area contributed by atoms with E-state index in [1.54, 1.807) is 0 Å². The third kappa shape index (κ3) is 3.70. The summed E-state index contributed by atoms with van der Waals surface area (Å²) >= 11 is 0. The van der Waals surface area contributed by atoms with Crippen LogP contribution in [-0.4, -0.2) is 40.4 Å². The Kier molecular flexibility index (Phi) is 5.51. The second kappa shape index (κ2) is 6.70. The summed E-state index contributed by atoms with van der Waals surface area (Å²) in [7, 11) is -1.67. The molecule has 0 spiro atoms. The number of hydrogen-bond donors (Lipinski definition) is 1. The standard InChI is InChI=1S/C10H13FN2O6S/c1-18-9(19-2)6-12-20(16,17)8-5-3-4-7(11)10(8)13(14)15/h3-5,9,12H,6H2,1-2H3. The first-order chi connectivity index (χ1) is 9.33. The highest BCUT2D eigenvalue weighted by Crippen LogP contribution is 2.26. The number of ether oxygens (including phenoxy) is 2. The molecule has 0 aliphatic carbocycles. The number of nitrogens with one attached hydrogen (secondary N) is 1. The second-order valence-electron chi connectivity index (χ2n) is 3.60. The van der Waals surface area contributed by atoms with Gasteiger partial charge < -0.3 is 9.47 Å². The molecule has 1 rings (SSSR count). The molecule has 0 saturated carbocycles. The maximum atomic E-state index is 13.4. The first-order valence-corrected chi connectivity index (χ1v) is 6.80. The molecule has 1 aromatic rings. The average Bonchev–Trinajstić information content (AvgIpc) is 2.39. The summed E-state index contributed by atoms with van der Waals surface area (Å²) in [5.74, 6) is -1.23. The number of para-hydroxylation sites is 1. The van der Waals surface area contributed by atoms with Crippen molar-refractivity contribution in [3.05, 3.63) is 34.1 Å². The molecule has 0 saturated heterocycles. The van der Waals surface area contributed by atoms with Crippen molar-refractivity contribution in [3.63, 3.8) is 0 Å². The number of nitrogens with zero attached hydrogens (tertiary/aromatic N) is 1. The van der Waals surface area contributed by atoms with Gasteiger partial charge in [-0.2, -0.15) is 4.39 Å². The maximum Gasteiger partial charge on any atom is 0.324 e. The fraction of sp³-hybridized carbons (Fsp3) is 0.400. The van der Waals surface area contributed by atoms with Crippen molar-refractivity contribution in [2.24, 2.45) is 0 Å². The van der Waals surface area contributed by atoms with Crippen LogP contribution in [-0.2, 0) is 19.5 Å². The maximum absolute atomic E-state index is 13.4. The zero-order valence-corrected chi connectivity index (χ0v) is 11.5. The van der Waals surface area contributed by atoms with E-state index in [2.05, 4.69) is 4.72 Å². The highest BCUT2D eigenvalue weighted by atomic mass is 32.2. The van der Waals surface area contributed by atoms with E-state index < -0.39 is 37.6 Å². The van der Waals surface area contributed by atoms with Crippen molar-refractivity contribution >= 4 is 15.7 Å². The molecule has 0 fully saturated rings. The Morgan fingerprint density at radius 3 is 2.50 bits per heavy atom. The van der Waals surface area contributed by atoms with Crippen molar-refractivity contribution in [3.8, 4) is 0 Å². The molecule has 0 aliphatic heterocycles. The molecule has 0 atom stereocenters. The molecule has 8 nitrogen and oxygen atoms in total. The Labute approximate surface area is 114 Å². The van der Waals surface area contributed by atoms with Gasteiger partial charge in [0.1, 0.15) is 0 Å². The second-order valence-corrected chi connectivity index (χ2v) is 5.33. The predicted molar refractivity (Wildman–Crippen MR) is 66.0 cm³/mol. The first kappa shape index (κ1) is 16.4. The Bertz CT molecular complexity index is 587. The van der Waals surface area contributed by atoms with Crippen LogP contribution < -0.4 is 4.72 Å². The summed E-state index contributed by atoms with van der Waals surface area (Å²) in [6.07, 6.45) is -0.864. The number of sulfonamides is 1. The summed E-state index contributed by atoms with van der Waals surface area (Å²) in [4.78, 5) is 8.92. The van der Waals surface area contributed by atoms with Gasteiger partial charge in [0, 0.05) is 14.2 Å². The van der Waals surface area contributed by atoms with Gasteiger partial charge in [-0.25, -0.2) is 13.1 Å². The lowest BCUT2D eigenvalue weighted by Gasteiger charge is -2.14. The largest absolute Gasteiger partial charge is 0.355 e. The van der Waals surface area contributed by atoms with E-state index in [9.17, 15) is 22.9 Å². The van der Waals surface area contributed by atoms with E-state index in [-0.39, 0.29) is 6.54 Å². The van der Waals surface area contributed by atoms with Crippen molar-refractivity contribution in [1.29, 1.82) is 0 Å². The van der Waals surface area contributed by atoms with Gasteiger partial charge in [0.05, 0.1) is 11.5 Å². The third-order valence-electron chi connectivity index (χ3n) is 2.39. The molecule has 0 aliphatic rings. The molecule has 0 amide bonds. The number of halogens is 1. The summed E-state index contributed by atoms with van der Waals surface area (Å²) in [6.45, 7) is -0.275. The number of hydrogen-bond acceptors (Lipinski definition) is 6. The number of nitro benzene ring substituents is 1. The minimum absolute atomic E-state index is 0.275. The van der Waals surface area contributed by atoms with Gasteiger partial charge in [-0.05, 0) is 12.1 Å². The van der Waals surface area contributed by atoms with E-state index >= 15 is 0 Å². The first-order valence-electron chi connectivity index (χ1n) is 5.31. The zero-order valence-electron chi connectivity index (χ0n) is 10.7. The summed E-state index contributed by atoms with van der Waals surface area (Å²) < 4.78 is 48.9. The predicted octanol–water partition coefficient (Wildman–Crippen LogP) is 0.631. The van der Waals surface area contributed by atoms with Gasteiger partial charge in [0.2, 0.25) is 15.8 Å². The van der Waals surface area contributed by atoms with Crippen LogP contribution in [0.5, 0.6) is 0 Å². The molecule has 112 valence electrons. The van der Waals surface area contributed by atoms with E-state index in [0.717, 1.165) is 18.2 Å². The number of methoxy groups -OCH3 is 2. The zero-order chi connectivity index (χ0) is 15.3. The van der Waals surface area contributed by atoms with E-state index in [4.69, 9.17) is 9.47 Å². The molecular weight excluding hydrogens is 295 g/mol. The molecular formula is C10H13FN2O6S. The van der Waals surface area contributed by atoms with Crippen LogP contribution >= 0.6 is 0 Å². The molecule has 20 heavy (non-hydrogen) atoms. The lowest BCUT2D eigenvalue weighted by atomic mass is 10.3. The summed E-state index contributed by atoms with van der Waals surface area (Å²) in [5, 5.41) is 10.8. The summed E-state index contributed by atoms with van der Waals surface area (Å²) in [6, 6.07) is 2.82. The molecule has 0 heterocycles. The van der Waals surface area contributed by atoms with Crippen LogP contribution in [0, 0.1) is 15.9 Å². The number of nitro groups is 1. The quantitative estimate of drug-likeness (QED) is 0.450. The smallest absolute Gasteiger partial charge is 0.324 e. The third-order valence-corrected chi connectivity index (χ3v) is 3.84. The van der Waals surface area contributed by atoms with E-state index in [1.807, 2.05) is 0 Å². The van der Waals surface area contributed by atoms with Gasteiger partial charge in [0.15, 0.2) is 11.2 Å². The fourth-order valence-electron chi connectivity index (χ4n) is 1.41. The molecule has 1 N–H and O–H groups in total. The Morgan fingerprint density at radius 1 is 1.40 bits per heavy atom. The lowest BCUT2D eigenvalue weighted by molar-refractivity contribution is -0.390. The van der Waals surface area contributed by atoms with Crippen molar-refractivity contribution < 1.29 is 27.2 Å². The van der Waals surface area contributed by atoms with Crippen molar-refractivity contribution in [2.75, 3.05) is 20.8 Å². The lowest BCUT2D eigenvalue weighted by Crippen LogP contribution is -2.34. The van der Waals surface area contributed by atoms with Crippen LogP contribution in [0.3, 0.4) is 0 Å². The minimum Gasteiger partial charge on any atom is -0.355 e. The van der Waals surface area contributed by atoms with Crippen LogP contribution in [0.25, 0.3) is 0 Å². The van der Waals surface area contributed by atoms with Gasteiger partial charge in [-0.1, -0.05) is 6.07 Å². The van der Waals surface area contributed by atoms with Crippen LogP contribution in [0.15, 0.2) is 23.1 Å². The SMILES string of the molecule is COC(CNS(=O)(=O)c1cccc(F)c1[N+](=O)[O-])OC. The Morgan fingerprint density at radius 2 is 2.00 bits per heavy atom. The molecule has 0 bridgehead atoms. The van der Waals surface area contributed by atoms with Gasteiger partial charge in [-0.15, -0.1) is 0 Å². The number of benzene rings is 1. The fourth-order valence-corrected chi connectivity index (χ4v) is 2.60. The van der Waals surface area contributed by atoms with Crippen LogP contribution in [0.1, 0.15) is 0 Å². The van der Waals surface area contributed by atoms with Crippen molar-refractivity contribution in [1.82, 2.24) is 4.72 Å². The average molecular weight is 308 g/mol. The Hall–Kier alpha value is -1.62. The monoisotopic (exact) mass is 308 g/mol. The Balaban J connectivity index is 3.10. The topological polar surface area (TPSA) is 108 Å². The highest BCUT2D eigenvalue weighted by molar-refractivity contribution is 7.89. The van der Waals surface area contributed by atoms with Gasteiger partial charge in [-0.3, -0.25) is 10.1 Å².